The first-order valence-corrected chi connectivity index (χ1v) is 11.0. The van der Waals surface area contributed by atoms with Gasteiger partial charge in [-0.1, -0.05) is 50.5 Å². The standard InChI is InChI=1S/C22H42O6/c1-20(2)14-18-24-27-22(28-25-19-17-21(3,4)26-23)15-12-10-8-6-5-7-9-11-13-16-22/h23H,1,5-19H2,2-4H3. The summed E-state index contributed by atoms with van der Waals surface area (Å²) in [6.07, 6.45) is 13.5. The molecule has 0 aliphatic heterocycles. The molecule has 0 atom stereocenters. The molecule has 0 spiro atoms. The van der Waals surface area contributed by atoms with Crippen LogP contribution in [0.1, 0.15) is 104 Å². The smallest absolute Gasteiger partial charge is 0.233 e. The maximum atomic E-state index is 8.91. The van der Waals surface area contributed by atoms with E-state index in [1.54, 1.807) is 13.8 Å². The highest BCUT2D eigenvalue weighted by atomic mass is 17.3. The third kappa shape index (κ3) is 12.1. The summed E-state index contributed by atoms with van der Waals surface area (Å²) in [6, 6.07) is 0. The van der Waals surface area contributed by atoms with Gasteiger partial charge in [0, 0.05) is 19.3 Å². The zero-order valence-electron chi connectivity index (χ0n) is 18.3. The number of hydrogen-bond acceptors (Lipinski definition) is 6. The van der Waals surface area contributed by atoms with Gasteiger partial charge >= 0.3 is 0 Å². The van der Waals surface area contributed by atoms with Gasteiger partial charge in [-0.2, -0.15) is 9.78 Å². The summed E-state index contributed by atoms with van der Waals surface area (Å²) in [6.45, 7) is 10.2. The molecule has 0 aromatic rings. The Morgan fingerprint density at radius 2 is 1.32 bits per heavy atom. The van der Waals surface area contributed by atoms with E-state index in [4.69, 9.17) is 24.8 Å². The van der Waals surface area contributed by atoms with Crippen molar-refractivity contribution in [2.75, 3.05) is 13.2 Å². The molecule has 166 valence electrons. The van der Waals surface area contributed by atoms with E-state index in [1.807, 2.05) is 6.92 Å². The monoisotopic (exact) mass is 402 g/mol. The summed E-state index contributed by atoms with van der Waals surface area (Å²) in [5, 5.41) is 8.91. The first-order chi connectivity index (χ1) is 13.4. The lowest BCUT2D eigenvalue weighted by molar-refractivity contribution is -0.515. The predicted molar refractivity (Wildman–Crippen MR) is 109 cm³/mol. The van der Waals surface area contributed by atoms with Gasteiger partial charge in [-0.25, -0.2) is 14.7 Å². The third-order valence-electron chi connectivity index (χ3n) is 5.18. The van der Waals surface area contributed by atoms with Crippen LogP contribution in [-0.2, 0) is 24.4 Å². The Balaban J connectivity index is 2.63. The molecule has 1 N–H and O–H groups in total. The van der Waals surface area contributed by atoms with Crippen LogP contribution in [0.25, 0.3) is 0 Å². The maximum Gasteiger partial charge on any atom is 0.233 e. The lowest BCUT2D eigenvalue weighted by Crippen LogP contribution is -2.37. The lowest BCUT2D eigenvalue weighted by Gasteiger charge is -2.31. The minimum Gasteiger partial charge on any atom is -0.251 e. The Morgan fingerprint density at radius 3 is 1.79 bits per heavy atom. The van der Waals surface area contributed by atoms with E-state index < -0.39 is 11.4 Å². The van der Waals surface area contributed by atoms with Crippen LogP contribution in [0.2, 0.25) is 0 Å². The molecule has 0 heterocycles. The summed E-state index contributed by atoms with van der Waals surface area (Å²) in [4.78, 5) is 27.1. The third-order valence-corrected chi connectivity index (χ3v) is 5.18. The zero-order chi connectivity index (χ0) is 20.7. The SMILES string of the molecule is C=C(C)CCOOC1(OOCCC(C)(C)OO)CCCCCCCCCCC1. The molecule has 0 amide bonds. The molecule has 0 bridgehead atoms. The van der Waals surface area contributed by atoms with Gasteiger partial charge in [0.25, 0.3) is 0 Å². The van der Waals surface area contributed by atoms with Gasteiger partial charge in [-0.05, 0) is 40.0 Å². The second-order valence-electron chi connectivity index (χ2n) is 8.71. The molecule has 0 unspecified atom stereocenters. The Labute approximate surface area is 171 Å². The van der Waals surface area contributed by atoms with Crippen LogP contribution in [0.4, 0.5) is 0 Å². The zero-order valence-corrected chi connectivity index (χ0v) is 18.3. The van der Waals surface area contributed by atoms with E-state index in [9.17, 15) is 0 Å². The molecule has 1 aliphatic carbocycles. The van der Waals surface area contributed by atoms with E-state index >= 15 is 0 Å². The van der Waals surface area contributed by atoms with Crippen molar-refractivity contribution in [2.24, 2.45) is 0 Å². The fourth-order valence-corrected chi connectivity index (χ4v) is 3.18. The van der Waals surface area contributed by atoms with E-state index in [-0.39, 0.29) is 0 Å². The molecule has 0 aromatic carbocycles. The Kier molecular flexibility index (Phi) is 13.2. The molecule has 0 aromatic heterocycles. The Hall–Kier alpha value is -0.500. The quantitative estimate of drug-likeness (QED) is 0.140. The lowest BCUT2D eigenvalue weighted by atomic mass is 9.97. The molecule has 0 radical (unpaired) electrons. The predicted octanol–water partition coefficient (Wildman–Crippen LogP) is 6.51. The van der Waals surface area contributed by atoms with Gasteiger partial charge in [0.15, 0.2) is 0 Å². The number of hydrogen-bond donors (Lipinski definition) is 1. The molecule has 6 heteroatoms. The van der Waals surface area contributed by atoms with E-state index in [1.165, 1.54) is 32.1 Å². The highest BCUT2D eigenvalue weighted by Crippen LogP contribution is 2.30. The summed E-state index contributed by atoms with van der Waals surface area (Å²) in [5.74, 6) is -0.890. The van der Waals surface area contributed by atoms with Gasteiger partial charge in [0.1, 0.15) is 5.60 Å². The van der Waals surface area contributed by atoms with Crippen LogP contribution < -0.4 is 0 Å². The average Bonchev–Trinajstić information content (AvgIpc) is 2.65. The highest BCUT2D eigenvalue weighted by Gasteiger charge is 2.35. The van der Waals surface area contributed by atoms with Crippen molar-refractivity contribution in [2.45, 2.75) is 116 Å². The molecule has 1 aliphatic rings. The molecule has 1 saturated carbocycles. The van der Waals surface area contributed by atoms with E-state index in [0.29, 0.717) is 19.6 Å². The van der Waals surface area contributed by atoms with Crippen LogP contribution in [0.5, 0.6) is 0 Å². The van der Waals surface area contributed by atoms with Crippen LogP contribution in [0.3, 0.4) is 0 Å². The molecule has 1 fully saturated rings. The van der Waals surface area contributed by atoms with Crippen molar-refractivity contribution in [3.63, 3.8) is 0 Å². The molecule has 1 rings (SSSR count). The normalized spacial score (nSPS) is 19.6. The van der Waals surface area contributed by atoms with Crippen molar-refractivity contribution in [3.05, 3.63) is 12.2 Å². The van der Waals surface area contributed by atoms with Crippen molar-refractivity contribution in [1.29, 1.82) is 0 Å². The topological polar surface area (TPSA) is 66.4 Å². The summed E-state index contributed by atoms with van der Waals surface area (Å²) in [5.41, 5.74) is 0.377. The van der Waals surface area contributed by atoms with Gasteiger partial charge in [0.2, 0.25) is 5.79 Å². The van der Waals surface area contributed by atoms with Crippen molar-refractivity contribution in [3.8, 4) is 0 Å². The van der Waals surface area contributed by atoms with Gasteiger partial charge in [0.05, 0.1) is 13.2 Å². The molecule has 6 nitrogen and oxygen atoms in total. The summed E-state index contributed by atoms with van der Waals surface area (Å²) < 4.78 is 0. The minimum atomic E-state index is -0.890. The second kappa shape index (κ2) is 14.5. The largest absolute Gasteiger partial charge is 0.251 e. The average molecular weight is 403 g/mol. The Bertz CT molecular complexity index is 398. The Morgan fingerprint density at radius 1 is 0.857 bits per heavy atom. The van der Waals surface area contributed by atoms with Gasteiger partial charge < -0.3 is 0 Å². The fourth-order valence-electron chi connectivity index (χ4n) is 3.18. The molecule has 0 saturated heterocycles. The first-order valence-electron chi connectivity index (χ1n) is 11.0. The van der Waals surface area contributed by atoms with E-state index in [0.717, 1.165) is 50.5 Å². The van der Waals surface area contributed by atoms with Gasteiger partial charge in [-0.15, -0.1) is 6.58 Å². The van der Waals surface area contributed by atoms with Crippen molar-refractivity contribution >= 4 is 0 Å². The summed E-state index contributed by atoms with van der Waals surface area (Å²) >= 11 is 0. The maximum absolute atomic E-state index is 8.91. The first kappa shape index (κ1) is 25.5. The molecular weight excluding hydrogens is 360 g/mol. The van der Waals surface area contributed by atoms with Crippen LogP contribution in [0.15, 0.2) is 12.2 Å². The minimum absolute atomic E-state index is 0.296. The number of rotatable bonds is 11. The summed E-state index contributed by atoms with van der Waals surface area (Å²) in [7, 11) is 0. The second-order valence-corrected chi connectivity index (χ2v) is 8.71. The van der Waals surface area contributed by atoms with Crippen molar-refractivity contribution < 1.29 is 29.7 Å². The van der Waals surface area contributed by atoms with Crippen molar-refractivity contribution in [1.82, 2.24) is 0 Å². The van der Waals surface area contributed by atoms with Gasteiger partial charge in [-0.3, -0.25) is 5.26 Å². The molecule has 28 heavy (non-hydrogen) atoms. The van der Waals surface area contributed by atoms with Crippen LogP contribution >= 0.6 is 0 Å². The van der Waals surface area contributed by atoms with Crippen LogP contribution in [-0.4, -0.2) is 29.9 Å². The van der Waals surface area contributed by atoms with Crippen LogP contribution in [0, 0.1) is 0 Å². The fraction of sp³-hybridized carbons (Fsp3) is 0.909. The molecular formula is C22H42O6. The van der Waals surface area contributed by atoms with E-state index in [2.05, 4.69) is 11.5 Å². The highest BCUT2D eigenvalue weighted by molar-refractivity contribution is 4.86.